The maximum Gasteiger partial charge on any atom is 0.410 e. The Balaban J connectivity index is 1.59. The molecule has 1 fully saturated rings. The second kappa shape index (κ2) is 6.55. The standard InChI is InChI=1S/C17H23N3O3S/c1-11-18-9-14(22-11)15-19-13(10-24-15)12-5-7-20(8-6-12)16(21)23-17(2,3)4/h9-10,12H,5-8H2,1-4H3. The van der Waals surface area contributed by atoms with Crippen LogP contribution >= 0.6 is 11.3 Å². The maximum absolute atomic E-state index is 12.1. The van der Waals surface area contributed by atoms with Crippen molar-refractivity contribution in [3.8, 4) is 10.8 Å². The van der Waals surface area contributed by atoms with Gasteiger partial charge in [0, 0.05) is 31.3 Å². The number of thiazole rings is 1. The van der Waals surface area contributed by atoms with Crippen LogP contribution in [0.5, 0.6) is 0 Å². The zero-order valence-corrected chi connectivity index (χ0v) is 15.4. The summed E-state index contributed by atoms with van der Waals surface area (Å²) in [5.41, 5.74) is 0.625. The normalized spacial score (nSPS) is 16.4. The highest BCUT2D eigenvalue weighted by Gasteiger charge is 2.28. The van der Waals surface area contributed by atoms with Crippen LogP contribution in [0, 0.1) is 6.92 Å². The summed E-state index contributed by atoms with van der Waals surface area (Å²) in [6, 6.07) is 0. The van der Waals surface area contributed by atoms with E-state index in [0.29, 0.717) is 24.9 Å². The number of likely N-dealkylation sites (tertiary alicyclic amines) is 1. The zero-order valence-electron chi connectivity index (χ0n) is 14.5. The quantitative estimate of drug-likeness (QED) is 0.812. The maximum atomic E-state index is 12.1. The van der Waals surface area contributed by atoms with Crippen molar-refractivity contribution in [2.24, 2.45) is 0 Å². The lowest BCUT2D eigenvalue weighted by Crippen LogP contribution is -2.41. The molecular weight excluding hydrogens is 326 g/mol. The Labute approximate surface area is 145 Å². The lowest BCUT2D eigenvalue weighted by molar-refractivity contribution is 0.0204. The highest BCUT2D eigenvalue weighted by Crippen LogP contribution is 2.32. The Bertz CT molecular complexity index is 709. The Morgan fingerprint density at radius 3 is 2.67 bits per heavy atom. The summed E-state index contributed by atoms with van der Waals surface area (Å²) in [4.78, 5) is 22.7. The molecule has 0 radical (unpaired) electrons. The van der Waals surface area contributed by atoms with Crippen LogP contribution in [0.15, 0.2) is 16.0 Å². The molecule has 1 amide bonds. The molecule has 1 aliphatic rings. The van der Waals surface area contributed by atoms with E-state index in [1.807, 2.05) is 27.7 Å². The van der Waals surface area contributed by atoms with E-state index in [0.717, 1.165) is 29.3 Å². The molecule has 3 rings (SSSR count). The highest BCUT2D eigenvalue weighted by atomic mass is 32.1. The minimum atomic E-state index is -0.451. The van der Waals surface area contributed by atoms with Crippen molar-refractivity contribution in [2.45, 2.75) is 52.1 Å². The number of hydrogen-bond donors (Lipinski definition) is 0. The van der Waals surface area contributed by atoms with Gasteiger partial charge in [-0.05, 0) is 33.6 Å². The average Bonchev–Trinajstić information content (AvgIpc) is 3.14. The van der Waals surface area contributed by atoms with Gasteiger partial charge in [-0.15, -0.1) is 11.3 Å². The number of ether oxygens (including phenoxy) is 1. The van der Waals surface area contributed by atoms with Gasteiger partial charge in [0.05, 0.1) is 11.9 Å². The third-order valence-corrected chi connectivity index (χ3v) is 4.79. The first-order valence-electron chi connectivity index (χ1n) is 8.18. The van der Waals surface area contributed by atoms with Crippen LogP contribution in [0.3, 0.4) is 0 Å². The fourth-order valence-corrected chi connectivity index (χ4v) is 3.58. The monoisotopic (exact) mass is 349 g/mol. The molecular formula is C17H23N3O3S. The fourth-order valence-electron chi connectivity index (χ4n) is 2.73. The number of aryl methyl sites for hydroxylation is 1. The van der Waals surface area contributed by atoms with Gasteiger partial charge in [-0.25, -0.2) is 14.8 Å². The van der Waals surface area contributed by atoms with Gasteiger partial charge >= 0.3 is 6.09 Å². The topological polar surface area (TPSA) is 68.5 Å². The lowest BCUT2D eigenvalue weighted by Gasteiger charge is -2.32. The molecule has 130 valence electrons. The molecule has 1 saturated heterocycles. The molecule has 0 N–H and O–H groups in total. The van der Waals surface area contributed by atoms with Crippen LogP contribution in [0.4, 0.5) is 4.79 Å². The largest absolute Gasteiger partial charge is 0.444 e. The molecule has 24 heavy (non-hydrogen) atoms. The van der Waals surface area contributed by atoms with Crippen molar-refractivity contribution < 1.29 is 13.9 Å². The van der Waals surface area contributed by atoms with Crippen molar-refractivity contribution in [1.29, 1.82) is 0 Å². The summed E-state index contributed by atoms with van der Waals surface area (Å²) in [5.74, 6) is 1.74. The van der Waals surface area contributed by atoms with Crippen molar-refractivity contribution in [2.75, 3.05) is 13.1 Å². The van der Waals surface area contributed by atoms with E-state index in [1.165, 1.54) is 0 Å². The Hall–Kier alpha value is -1.89. The van der Waals surface area contributed by atoms with Gasteiger partial charge in [0.1, 0.15) is 5.60 Å². The van der Waals surface area contributed by atoms with Crippen molar-refractivity contribution >= 4 is 17.4 Å². The Morgan fingerprint density at radius 2 is 2.08 bits per heavy atom. The van der Waals surface area contributed by atoms with Crippen molar-refractivity contribution in [1.82, 2.24) is 14.9 Å². The summed E-state index contributed by atoms with van der Waals surface area (Å²) in [6.07, 6.45) is 3.29. The third-order valence-electron chi connectivity index (χ3n) is 3.92. The Kier molecular flexibility index (Phi) is 4.62. The summed E-state index contributed by atoms with van der Waals surface area (Å²) >= 11 is 1.57. The van der Waals surface area contributed by atoms with E-state index in [-0.39, 0.29) is 6.09 Å². The molecule has 0 bridgehead atoms. The third kappa shape index (κ3) is 3.95. The molecule has 0 unspecified atom stereocenters. The molecule has 3 heterocycles. The number of hydrogen-bond acceptors (Lipinski definition) is 6. The second-order valence-electron chi connectivity index (χ2n) is 7.06. The van der Waals surface area contributed by atoms with E-state index < -0.39 is 5.60 Å². The number of nitrogens with zero attached hydrogens (tertiary/aromatic N) is 3. The predicted octanol–water partition coefficient (Wildman–Crippen LogP) is 4.22. The summed E-state index contributed by atoms with van der Waals surface area (Å²) < 4.78 is 11.0. The van der Waals surface area contributed by atoms with Crippen LogP contribution in [-0.2, 0) is 4.74 Å². The molecule has 0 aromatic carbocycles. The zero-order chi connectivity index (χ0) is 17.3. The van der Waals surface area contributed by atoms with E-state index in [9.17, 15) is 4.79 Å². The van der Waals surface area contributed by atoms with Gasteiger partial charge in [-0.1, -0.05) is 0 Å². The minimum absolute atomic E-state index is 0.225. The van der Waals surface area contributed by atoms with Crippen molar-refractivity contribution in [3.63, 3.8) is 0 Å². The van der Waals surface area contributed by atoms with E-state index in [4.69, 9.17) is 14.1 Å². The smallest absolute Gasteiger partial charge is 0.410 e. The van der Waals surface area contributed by atoms with Crippen LogP contribution in [-0.4, -0.2) is 39.7 Å². The van der Waals surface area contributed by atoms with Crippen LogP contribution < -0.4 is 0 Å². The average molecular weight is 349 g/mol. The fraction of sp³-hybridized carbons (Fsp3) is 0.588. The van der Waals surface area contributed by atoms with E-state index in [2.05, 4.69) is 10.4 Å². The second-order valence-corrected chi connectivity index (χ2v) is 7.92. The molecule has 1 aliphatic heterocycles. The number of carbonyl (C=O) groups is 1. The van der Waals surface area contributed by atoms with Gasteiger partial charge in [-0.3, -0.25) is 0 Å². The van der Waals surface area contributed by atoms with E-state index in [1.54, 1.807) is 22.4 Å². The molecule has 6 nitrogen and oxygen atoms in total. The molecule has 0 aliphatic carbocycles. The van der Waals surface area contributed by atoms with Crippen LogP contribution in [0.2, 0.25) is 0 Å². The molecule has 7 heteroatoms. The number of oxazole rings is 1. The van der Waals surface area contributed by atoms with Crippen molar-refractivity contribution in [3.05, 3.63) is 23.2 Å². The van der Waals surface area contributed by atoms with Crippen LogP contribution in [0.25, 0.3) is 10.8 Å². The molecule has 2 aromatic rings. The van der Waals surface area contributed by atoms with Gasteiger partial charge in [0.15, 0.2) is 16.7 Å². The Morgan fingerprint density at radius 1 is 1.38 bits per heavy atom. The van der Waals surface area contributed by atoms with Gasteiger partial charge < -0.3 is 14.1 Å². The van der Waals surface area contributed by atoms with Gasteiger partial charge in [0.25, 0.3) is 0 Å². The van der Waals surface area contributed by atoms with Gasteiger partial charge in [0.2, 0.25) is 0 Å². The minimum Gasteiger partial charge on any atom is -0.444 e. The first-order valence-corrected chi connectivity index (χ1v) is 9.06. The summed E-state index contributed by atoms with van der Waals surface area (Å²) in [7, 11) is 0. The number of aromatic nitrogens is 2. The first kappa shape index (κ1) is 17.0. The number of piperidine rings is 1. The van der Waals surface area contributed by atoms with Crippen LogP contribution in [0.1, 0.15) is 51.1 Å². The molecule has 0 saturated carbocycles. The highest BCUT2D eigenvalue weighted by molar-refractivity contribution is 7.13. The lowest BCUT2D eigenvalue weighted by atomic mass is 9.94. The first-order chi connectivity index (χ1) is 11.3. The molecule has 0 atom stereocenters. The summed E-state index contributed by atoms with van der Waals surface area (Å²) in [5, 5.41) is 2.95. The van der Waals surface area contributed by atoms with E-state index >= 15 is 0 Å². The number of amides is 1. The number of carbonyl (C=O) groups excluding carboxylic acids is 1. The number of rotatable bonds is 2. The predicted molar refractivity (Wildman–Crippen MR) is 92.1 cm³/mol. The summed E-state index contributed by atoms with van der Waals surface area (Å²) in [6.45, 7) is 8.89. The van der Waals surface area contributed by atoms with Gasteiger partial charge in [-0.2, -0.15) is 0 Å². The molecule has 2 aromatic heterocycles. The SMILES string of the molecule is Cc1ncc(-c2nc(C3CCN(C(=O)OC(C)(C)C)CC3)cs2)o1. The molecule has 0 spiro atoms.